The monoisotopic (exact) mass is 716 g/mol. The zero-order chi connectivity index (χ0) is 38.0. The number of esters is 1. The fourth-order valence-corrected chi connectivity index (χ4v) is 6.79. The van der Waals surface area contributed by atoms with Gasteiger partial charge in [-0.25, -0.2) is 9.78 Å². The Morgan fingerprint density at radius 2 is 1.72 bits per heavy atom. The summed E-state index contributed by atoms with van der Waals surface area (Å²) in [5.41, 5.74) is 14.2. The number of nitrogens with one attached hydrogen (secondary N) is 1. The largest absolute Gasteiger partial charge is 0.466 e. The molecule has 5 N–H and O–H groups in total. The molecule has 11 nitrogen and oxygen atoms in total. The Hall–Kier alpha value is -3.51. The number of hydrogen-bond acceptors (Lipinski definition) is 8. The lowest BCUT2D eigenvalue weighted by molar-refractivity contribution is -0.145. The third-order valence-corrected chi connectivity index (χ3v) is 9.43. The molecule has 1 aliphatic carbocycles. The van der Waals surface area contributed by atoms with Crippen LogP contribution >= 0.6 is 11.3 Å². The van der Waals surface area contributed by atoms with E-state index < -0.39 is 11.9 Å². The van der Waals surface area contributed by atoms with Crippen LogP contribution in [0, 0.1) is 11.8 Å². The number of benzene rings is 1. The molecular weight excluding hydrogens is 653 g/mol. The summed E-state index contributed by atoms with van der Waals surface area (Å²) in [7, 11) is 0. The van der Waals surface area contributed by atoms with Gasteiger partial charge in [0.05, 0.1) is 35.8 Å². The number of hydrogen-bond donors (Lipinski definition) is 3. The highest BCUT2D eigenvalue weighted by atomic mass is 32.1. The molecule has 3 heterocycles. The van der Waals surface area contributed by atoms with Crippen LogP contribution in [0.3, 0.4) is 0 Å². The number of aromatic amines is 1. The van der Waals surface area contributed by atoms with E-state index in [2.05, 4.69) is 45.0 Å². The second-order valence-electron chi connectivity index (χ2n) is 12.5. The minimum Gasteiger partial charge on any atom is -0.466 e. The van der Waals surface area contributed by atoms with Crippen LogP contribution in [0.5, 0.6) is 0 Å². The summed E-state index contributed by atoms with van der Waals surface area (Å²) in [6.45, 7) is 21.7. The molecule has 2 aromatic heterocycles. The maximum absolute atomic E-state index is 12.3. The van der Waals surface area contributed by atoms with Gasteiger partial charge in [-0.2, -0.15) is 0 Å². The van der Waals surface area contributed by atoms with Crippen LogP contribution in [0.2, 0.25) is 0 Å². The Balaban J connectivity index is 0.000000389. The number of ether oxygens (including phenoxy) is 1. The van der Waals surface area contributed by atoms with Gasteiger partial charge in [0.15, 0.2) is 0 Å². The Labute approximate surface area is 303 Å². The summed E-state index contributed by atoms with van der Waals surface area (Å²) in [5, 5.41) is 3.14. The SMILES string of the molecule is CC.CCC.CCC(CC)c1csc(-c2cccc3c2[nH]c(=O)n3C(C)C)n1.CCOC(=O)C1CC1CC.NCC(=O)N1CCCC1C(N)=O. The third kappa shape index (κ3) is 12.4. The van der Waals surface area contributed by atoms with Gasteiger partial charge in [-0.1, -0.05) is 67.4 Å². The van der Waals surface area contributed by atoms with Gasteiger partial charge in [0.2, 0.25) is 11.8 Å². The topological polar surface area (TPSA) is 166 Å². The first-order valence-electron chi connectivity index (χ1n) is 18.6. The molecular formula is C38H64N6O5S. The number of carbonyl (C=O) groups excluding carboxylic acids is 3. The molecule has 12 heteroatoms. The molecule has 50 heavy (non-hydrogen) atoms. The second-order valence-corrected chi connectivity index (χ2v) is 13.4. The lowest BCUT2D eigenvalue weighted by Gasteiger charge is -2.20. The molecule has 3 atom stereocenters. The number of rotatable bonds is 10. The first-order chi connectivity index (χ1) is 23.9. The standard InChI is InChI=1S/C18H23N3OS.C8H14O2.C7H13N3O2.C3H8.C2H6/c1-5-12(6-2)14-10-23-17(19-14)13-8-7-9-15-16(13)20-18(22)21(15)11(3)4;1-3-6-5-7(6)8(9)10-4-2;8-4-6(11)10-3-1-2-5(10)7(9)12;1-3-2;1-2/h7-12H,5-6H2,1-4H3,(H,20,22);6-7H,3-5H2,1-2H3;5H,1-4,8H2,(H2,9,12);3H2,1-2H3;1-2H3. The van der Waals surface area contributed by atoms with Crippen molar-refractivity contribution < 1.29 is 19.1 Å². The van der Waals surface area contributed by atoms with Gasteiger partial charge in [-0.15, -0.1) is 11.3 Å². The zero-order valence-corrected chi connectivity index (χ0v) is 33.0. The van der Waals surface area contributed by atoms with E-state index in [1.54, 1.807) is 15.9 Å². The predicted molar refractivity (Wildman–Crippen MR) is 206 cm³/mol. The van der Waals surface area contributed by atoms with Crippen molar-refractivity contribution in [3.63, 3.8) is 0 Å². The van der Waals surface area contributed by atoms with Crippen LogP contribution < -0.4 is 17.2 Å². The number of likely N-dealkylation sites (tertiary alicyclic amines) is 1. The van der Waals surface area contributed by atoms with E-state index in [0.29, 0.717) is 31.4 Å². The molecule has 1 saturated heterocycles. The van der Waals surface area contributed by atoms with Crippen molar-refractivity contribution in [2.24, 2.45) is 23.3 Å². The van der Waals surface area contributed by atoms with Crippen LogP contribution in [-0.2, 0) is 19.1 Å². The fraction of sp³-hybridized carbons (Fsp3) is 0.658. The highest BCUT2D eigenvalue weighted by Gasteiger charge is 2.42. The van der Waals surface area contributed by atoms with Gasteiger partial charge in [-0.05, 0) is 70.9 Å². The molecule has 282 valence electrons. The van der Waals surface area contributed by atoms with E-state index in [0.717, 1.165) is 59.4 Å². The number of nitrogens with two attached hydrogens (primary N) is 2. The zero-order valence-electron chi connectivity index (χ0n) is 32.2. The van der Waals surface area contributed by atoms with Gasteiger partial charge in [-0.3, -0.25) is 19.0 Å². The Morgan fingerprint density at radius 3 is 2.22 bits per heavy atom. The molecule has 0 bridgehead atoms. The number of nitrogens with zero attached hydrogens (tertiary/aromatic N) is 3. The highest BCUT2D eigenvalue weighted by Crippen LogP contribution is 2.41. The van der Waals surface area contributed by atoms with Crippen LogP contribution in [-0.4, -0.2) is 63.0 Å². The number of H-pyrrole nitrogens is 1. The van der Waals surface area contributed by atoms with E-state index in [1.807, 2.05) is 52.8 Å². The maximum Gasteiger partial charge on any atom is 0.326 e. The average Bonchev–Trinajstić information content (AvgIpc) is 3.38. The molecule has 3 unspecified atom stereocenters. The van der Waals surface area contributed by atoms with E-state index in [-0.39, 0.29) is 36.1 Å². The number of primary amides is 1. The second kappa shape index (κ2) is 23.1. The van der Waals surface area contributed by atoms with Crippen LogP contribution in [0.15, 0.2) is 28.4 Å². The smallest absolute Gasteiger partial charge is 0.326 e. The predicted octanol–water partition coefficient (Wildman–Crippen LogP) is 7.40. The summed E-state index contributed by atoms with van der Waals surface area (Å²) < 4.78 is 6.66. The van der Waals surface area contributed by atoms with E-state index in [4.69, 9.17) is 21.2 Å². The number of carbonyl (C=O) groups is 3. The quantitative estimate of drug-likeness (QED) is 0.184. The summed E-state index contributed by atoms with van der Waals surface area (Å²) in [6.07, 6.45) is 7.12. The molecule has 1 aliphatic heterocycles. The number of imidazole rings is 1. The maximum atomic E-state index is 12.3. The lowest BCUT2D eigenvalue weighted by Crippen LogP contribution is -2.45. The molecule has 1 saturated carbocycles. The molecule has 3 aromatic rings. The summed E-state index contributed by atoms with van der Waals surface area (Å²) in [5.74, 6) is 0.752. The van der Waals surface area contributed by atoms with E-state index >= 15 is 0 Å². The molecule has 2 aliphatic rings. The average molecular weight is 717 g/mol. The van der Waals surface area contributed by atoms with Gasteiger partial charge < -0.3 is 26.1 Å². The number of amides is 2. The van der Waals surface area contributed by atoms with Crippen molar-refractivity contribution in [2.45, 2.75) is 132 Å². The Morgan fingerprint density at radius 1 is 1.08 bits per heavy atom. The number of aromatic nitrogens is 3. The number of fused-ring (bicyclic) bond motifs is 1. The van der Waals surface area contributed by atoms with Crippen molar-refractivity contribution in [1.29, 1.82) is 0 Å². The minimum absolute atomic E-state index is 0.00866. The van der Waals surface area contributed by atoms with Crippen molar-refractivity contribution in [3.8, 4) is 10.6 Å². The van der Waals surface area contributed by atoms with Crippen LogP contribution in [0.1, 0.15) is 132 Å². The summed E-state index contributed by atoms with van der Waals surface area (Å²) in [6, 6.07) is 5.73. The van der Waals surface area contributed by atoms with Gasteiger partial charge in [0.1, 0.15) is 11.0 Å². The molecule has 0 radical (unpaired) electrons. The van der Waals surface area contributed by atoms with E-state index in [9.17, 15) is 19.2 Å². The highest BCUT2D eigenvalue weighted by molar-refractivity contribution is 7.13. The fourth-order valence-electron chi connectivity index (χ4n) is 5.86. The Kier molecular flexibility index (Phi) is 20.5. The molecule has 2 amide bonds. The first kappa shape index (κ1) is 44.5. The first-order valence-corrected chi connectivity index (χ1v) is 19.5. The van der Waals surface area contributed by atoms with Crippen molar-refractivity contribution in [1.82, 2.24) is 19.4 Å². The number of para-hydroxylation sites is 1. The van der Waals surface area contributed by atoms with Gasteiger partial charge >= 0.3 is 11.7 Å². The minimum atomic E-state index is -0.436. The number of thiazole rings is 1. The third-order valence-electron chi connectivity index (χ3n) is 8.54. The van der Waals surface area contributed by atoms with Crippen LogP contribution in [0.4, 0.5) is 0 Å². The van der Waals surface area contributed by atoms with Crippen molar-refractivity contribution in [3.05, 3.63) is 39.8 Å². The summed E-state index contributed by atoms with van der Waals surface area (Å²) in [4.78, 5) is 54.5. The molecule has 0 spiro atoms. The molecule has 1 aromatic carbocycles. The van der Waals surface area contributed by atoms with E-state index in [1.165, 1.54) is 11.3 Å². The normalized spacial score (nSPS) is 17.4. The summed E-state index contributed by atoms with van der Waals surface area (Å²) >= 11 is 1.66. The van der Waals surface area contributed by atoms with Crippen molar-refractivity contribution >= 4 is 40.2 Å². The van der Waals surface area contributed by atoms with Gasteiger partial charge in [0, 0.05) is 29.4 Å². The van der Waals surface area contributed by atoms with Crippen LogP contribution in [0.25, 0.3) is 21.6 Å². The van der Waals surface area contributed by atoms with Gasteiger partial charge in [0.25, 0.3) is 0 Å². The Bertz CT molecular complexity index is 1510. The lowest BCUT2D eigenvalue weighted by atomic mass is 10.0. The van der Waals surface area contributed by atoms with Crippen molar-refractivity contribution in [2.75, 3.05) is 19.7 Å². The molecule has 5 rings (SSSR count). The molecule has 2 fully saturated rings.